The van der Waals surface area contributed by atoms with Gasteiger partial charge in [0.05, 0.1) is 86.5 Å². The van der Waals surface area contributed by atoms with Gasteiger partial charge in [-0.2, -0.15) is 0 Å². The summed E-state index contributed by atoms with van der Waals surface area (Å²) in [5.41, 5.74) is 1.94. The van der Waals surface area contributed by atoms with Crippen LogP contribution in [0.2, 0.25) is 0 Å². The highest BCUT2D eigenvalue weighted by Gasteiger charge is 2.37. The molecule has 16 atom stereocenters. The maximum atomic E-state index is 13.3. The van der Waals surface area contributed by atoms with Gasteiger partial charge in [0.15, 0.2) is 0 Å². The Labute approximate surface area is 445 Å². The number of carbonyl (C=O) groups excluding carboxylic acids is 3. The van der Waals surface area contributed by atoms with E-state index < -0.39 is 85.4 Å². The van der Waals surface area contributed by atoms with E-state index in [9.17, 15) is 80.8 Å². The molecule has 1 aromatic carbocycles. The van der Waals surface area contributed by atoms with Crippen LogP contribution in [0.25, 0.3) is 0 Å². The lowest BCUT2D eigenvalue weighted by Gasteiger charge is -2.24. The van der Waals surface area contributed by atoms with Gasteiger partial charge < -0.3 is 76.4 Å². The summed E-state index contributed by atoms with van der Waals surface area (Å²) in [7, 11) is 1.51. The maximum Gasteiger partial charge on any atom is 0.257 e. The van der Waals surface area contributed by atoms with Gasteiger partial charge in [-0.1, -0.05) is 94.7 Å². The van der Waals surface area contributed by atoms with Crippen LogP contribution < -0.4 is 5.32 Å². The predicted octanol–water partition coefficient (Wildman–Crippen LogP) is 2.35. The molecular weight excluding hydrogens is 973 g/mol. The lowest BCUT2D eigenvalue weighted by atomic mass is 9.92. The van der Waals surface area contributed by atoms with Crippen LogP contribution in [0.1, 0.15) is 161 Å². The Morgan fingerprint density at radius 1 is 0.560 bits per heavy atom. The van der Waals surface area contributed by atoms with Gasteiger partial charge in [0, 0.05) is 31.5 Å². The second-order valence-electron chi connectivity index (χ2n) is 21.8. The highest BCUT2D eigenvalue weighted by molar-refractivity contribution is 6.08. The van der Waals surface area contributed by atoms with Crippen LogP contribution in [0.3, 0.4) is 0 Å². The van der Waals surface area contributed by atoms with Gasteiger partial charge in [0.2, 0.25) is 6.41 Å². The minimum absolute atomic E-state index is 0.0655. The molecule has 16 unspecified atom stereocenters. The van der Waals surface area contributed by atoms with E-state index >= 15 is 0 Å². The number of nitrogens with zero attached hydrogens (tertiary/aromatic N) is 1. The molecule has 3 amide bonds. The zero-order valence-electron chi connectivity index (χ0n) is 45.0. The standard InChI is InChI=1S/C56H96N2O17/c1-36(17-38(3)19-55(73)58-53(54(75-4)33-56(58)74)20-39-15-11-8-12-16-39)13-9-6-5-7-10-14-37(2)18-40(60)21-41(61)22-42(62)23-43(63)24-44(64)25-45(65)26-46(66)27-47(67)28-48(68)29-49(69)30-50(70)31-51(71)32-52(72)34-57-35-59/h8,11-12,15-16,19,33,35-37,40-53,60-72H,5-7,9-10,13-14,17-18,20-32,34H2,1-4H3,(H,57,59). The Balaban J connectivity index is 1.56. The number of imide groups is 1. The van der Waals surface area contributed by atoms with Crippen molar-refractivity contribution in [3.63, 3.8) is 0 Å². The van der Waals surface area contributed by atoms with Crippen molar-refractivity contribution in [1.82, 2.24) is 10.2 Å². The third-order valence-electron chi connectivity index (χ3n) is 14.0. The third-order valence-corrected chi connectivity index (χ3v) is 14.0. The van der Waals surface area contributed by atoms with Crippen LogP contribution >= 0.6 is 0 Å². The van der Waals surface area contributed by atoms with Gasteiger partial charge in [0.25, 0.3) is 11.8 Å². The average Bonchev–Trinajstić information content (AvgIpc) is 3.61. The first-order valence-corrected chi connectivity index (χ1v) is 27.3. The molecule has 1 heterocycles. The summed E-state index contributed by atoms with van der Waals surface area (Å²) >= 11 is 0. The second-order valence-corrected chi connectivity index (χ2v) is 21.8. The van der Waals surface area contributed by atoms with Gasteiger partial charge in [0.1, 0.15) is 11.8 Å². The molecule has 0 fully saturated rings. The predicted molar refractivity (Wildman–Crippen MR) is 282 cm³/mol. The Morgan fingerprint density at radius 3 is 1.31 bits per heavy atom. The van der Waals surface area contributed by atoms with Crippen LogP contribution in [0, 0.1) is 11.8 Å². The third kappa shape index (κ3) is 30.4. The molecule has 0 bridgehead atoms. The van der Waals surface area contributed by atoms with Gasteiger partial charge in [-0.3, -0.25) is 19.3 Å². The van der Waals surface area contributed by atoms with Crippen molar-refractivity contribution in [3.05, 3.63) is 59.4 Å². The number of methoxy groups -OCH3 is 1. The molecule has 0 radical (unpaired) electrons. The summed E-state index contributed by atoms with van der Waals surface area (Å²) in [4.78, 5) is 37.7. The zero-order chi connectivity index (χ0) is 56.0. The molecule has 0 aromatic heterocycles. The largest absolute Gasteiger partial charge is 0.499 e. The highest BCUT2D eigenvalue weighted by atomic mass is 16.5. The van der Waals surface area contributed by atoms with E-state index in [1.54, 1.807) is 6.08 Å². The minimum Gasteiger partial charge on any atom is -0.499 e. The number of rotatable bonds is 43. The van der Waals surface area contributed by atoms with Gasteiger partial charge in [-0.15, -0.1) is 0 Å². The van der Waals surface area contributed by atoms with Gasteiger partial charge >= 0.3 is 0 Å². The molecule has 19 heteroatoms. The molecule has 0 saturated carbocycles. The molecule has 1 aliphatic rings. The van der Waals surface area contributed by atoms with Crippen LogP contribution in [0.5, 0.6) is 0 Å². The number of aliphatic hydroxyl groups excluding tert-OH is 13. The topological polar surface area (TPSA) is 339 Å². The van der Waals surface area contributed by atoms with E-state index in [4.69, 9.17) is 4.74 Å². The Bertz CT molecular complexity index is 1770. The number of hydrogen-bond acceptors (Lipinski definition) is 17. The number of carbonyl (C=O) groups is 3. The lowest BCUT2D eigenvalue weighted by molar-refractivity contribution is -0.139. The van der Waals surface area contributed by atoms with Crippen molar-refractivity contribution in [1.29, 1.82) is 0 Å². The molecule has 19 nitrogen and oxygen atoms in total. The molecule has 14 N–H and O–H groups in total. The van der Waals surface area contributed by atoms with Crippen LogP contribution in [-0.2, 0) is 25.5 Å². The molecular formula is C56H96N2O17. The van der Waals surface area contributed by atoms with E-state index in [1.807, 2.05) is 37.3 Å². The van der Waals surface area contributed by atoms with E-state index in [0.29, 0.717) is 30.9 Å². The van der Waals surface area contributed by atoms with Gasteiger partial charge in [-0.05, 0) is 108 Å². The molecule has 75 heavy (non-hydrogen) atoms. The number of unbranched alkanes of at least 4 members (excludes halogenated alkanes) is 4. The van der Waals surface area contributed by atoms with E-state index in [1.165, 1.54) is 18.1 Å². The summed E-state index contributed by atoms with van der Waals surface area (Å²) in [6, 6.07) is 9.22. The number of amides is 3. The fourth-order valence-electron chi connectivity index (χ4n) is 10.3. The van der Waals surface area contributed by atoms with Crippen molar-refractivity contribution in [2.24, 2.45) is 11.8 Å². The number of nitrogens with one attached hydrogen (secondary N) is 1. The first-order valence-electron chi connectivity index (χ1n) is 27.3. The SMILES string of the molecule is COC1=CC(=O)N(C(=O)C=C(C)CC(C)CCCCCCCC(C)CC(O)CC(O)CC(O)CC(O)CC(O)CC(O)CC(O)CC(O)CC(O)CC(O)CC(O)CC(O)CC(O)CNC=O)C1Cc1ccccc1. The van der Waals surface area contributed by atoms with Gasteiger partial charge in [-0.25, -0.2) is 0 Å². The summed E-state index contributed by atoms with van der Waals surface area (Å²) in [5.74, 6) is 0.393. The monoisotopic (exact) mass is 1070 g/mol. The van der Waals surface area contributed by atoms with E-state index in [0.717, 1.165) is 62.5 Å². The Hall–Kier alpha value is -3.41. The smallest absolute Gasteiger partial charge is 0.257 e. The molecule has 0 saturated heterocycles. The van der Waals surface area contributed by atoms with Crippen LogP contribution in [0.4, 0.5) is 0 Å². The number of benzene rings is 1. The molecule has 432 valence electrons. The van der Waals surface area contributed by atoms with Crippen molar-refractivity contribution in [2.75, 3.05) is 13.7 Å². The molecule has 1 aliphatic heterocycles. The number of hydrogen-bond donors (Lipinski definition) is 14. The summed E-state index contributed by atoms with van der Waals surface area (Å²) in [6.07, 6.45) is -4.05. The van der Waals surface area contributed by atoms with Crippen molar-refractivity contribution in [2.45, 2.75) is 247 Å². The summed E-state index contributed by atoms with van der Waals surface area (Å²) in [6.45, 7) is 6.11. The normalized spacial score (nSPS) is 20.4. The average molecular weight is 1070 g/mol. The number of allylic oxidation sites excluding steroid dienone is 1. The quantitative estimate of drug-likeness (QED) is 0.0254. The van der Waals surface area contributed by atoms with Crippen molar-refractivity contribution >= 4 is 18.2 Å². The fraction of sp³-hybridized carbons (Fsp3) is 0.768. The molecule has 1 aromatic rings. The fourth-order valence-corrected chi connectivity index (χ4v) is 10.3. The first kappa shape index (κ1) is 67.7. The summed E-state index contributed by atoms with van der Waals surface area (Å²) in [5, 5.41) is 137. The highest BCUT2D eigenvalue weighted by Crippen LogP contribution is 2.27. The van der Waals surface area contributed by atoms with Crippen molar-refractivity contribution in [3.8, 4) is 0 Å². The first-order chi connectivity index (χ1) is 35.5. The summed E-state index contributed by atoms with van der Waals surface area (Å²) < 4.78 is 5.46. The number of aliphatic hydroxyl groups is 13. The van der Waals surface area contributed by atoms with E-state index in [-0.39, 0.29) is 101 Å². The second kappa shape index (κ2) is 37.4. The Kier molecular flexibility index (Phi) is 33.8. The molecule has 0 spiro atoms. The molecule has 2 rings (SSSR count). The lowest BCUT2D eigenvalue weighted by Crippen LogP contribution is -2.41. The van der Waals surface area contributed by atoms with Crippen LogP contribution in [-0.4, -0.2) is 189 Å². The minimum atomic E-state index is -1.21. The van der Waals surface area contributed by atoms with E-state index in [2.05, 4.69) is 19.2 Å². The van der Waals surface area contributed by atoms with Crippen molar-refractivity contribution < 1.29 is 85.5 Å². The zero-order valence-corrected chi connectivity index (χ0v) is 45.0. The maximum absolute atomic E-state index is 13.3. The number of ether oxygens (including phenoxy) is 1. The van der Waals surface area contributed by atoms with Crippen LogP contribution in [0.15, 0.2) is 53.8 Å². The Morgan fingerprint density at radius 2 is 0.920 bits per heavy atom. The molecule has 0 aliphatic carbocycles.